The van der Waals surface area contributed by atoms with E-state index in [1.165, 1.54) is 0 Å². The topological polar surface area (TPSA) is 67.2 Å². The molecule has 2 aromatic carbocycles. The predicted molar refractivity (Wildman–Crippen MR) is 107 cm³/mol. The lowest BCUT2D eigenvalue weighted by Crippen LogP contribution is -2.35. The third-order valence-corrected chi connectivity index (χ3v) is 5.11. The van der Waals surface area contributed by atoms with Gasteiger partial charge in [0.1, 0.15) is 5.69 Å². The molecule has 1 unspecified atom stereocenters. The molecule has 1 aromatic heterocycles. The van der Waals surface area contributed by atoms with Gasteiger partial charge in [-0.1, -0.05) is 30.3 Å². The molecule has 0 spiro atoms. The molecule has 142 valence electrons. The second kappa shape index (κ2) is 7.31. The van der Waals surface area contributed by atoms with E-state index in [2.05, 4.69) is 23.4 Å². The number of fused-ring (bicyclic) bond motifs is 1. The largest absolute Gasteiger partial charge is 0.347 e. The molecule has 3 aromatic rings. The second-order valence-electron chi connectivity index (χ2n) is 7.08. The van der Waals surface area contributed by atoms with Gasteiger partial charge in [0.05, 0.1) is 0 Å². The number of nitrogens with one attached hydrogen (secondary N) is 1. The van der Waals surface area contributed by atoms with Crippen LogP contribution in [0.5, 0.6) is 0 Å². The van der Waals surface area contributed by atoms with Crippen molar-refractivity contribution in [3.63, 3.8) is 0 Å². The van der Waals surface area contributed by atoms with Crippen molar-refractivity contribution < 1.29 is 9.59 Å². The maximum Gasteiger partial charge on any atom is 0.269 e. The van der Waals surface area contributed by atoms with Crippen molar-refractivity contribution in [1.29, 1.82) is 0 Å². The van der Waals surface area contributed by atoms with Crippen molar-refractivity contribution in [2.75, 3.05) is 4.90 Å². The number of hydrogen-bond acceptors (Lipinski definition) is 3. The van der Waals surface area contributed by atoms with Gasteiger partial charge < -0.3 is 10.2 Å². The third-order valence-electron chi connectivity index (χ3n) is 5.11. The molecule has 6 nitrogen and oxygen atoms in total. The van der Waals surface area contributed by atoms with Gasteiger partial charge in [-0.25, -0.2) is 0 Å². The Balaban J connectivity index is 1.54. The molecule has 0 bridgehead atoms. The van der Waals surface area contributed by atoms with Gasteiger partial charge >= 0.3 is 0 Å². The summed E-state index contributed by atoms with van der Waals surface area (Å²) in [5, 5.41) is 6.94. The van der Waals surface area contributed by atoms with Crippen LogP contribution in [-0.4, -0.2) is 27.6 Å². The average molecular weight is 374 g/mol. The van der Waals surface area contributed by atoms with Crippen LogP contribution in [0.3, 0.4) is 0 Å². The molecule has 1 atom stereocenters. The fraction of sp³-hybridized carbons (Fsp3) is 0.227. The molecule has 2 heterocycles. The van der Waals surface area contributed by atoms with E-state index >= 15 is 0 Å². The highest BCUT2D eigenvalue weighted by molar-refractivity contribution is 6.07. The van der Waals surface area contributed by atoms with E-state index in [4.69, 9.17) is 0 Å². The number of anilines is 1. The molecule has 0 saturated carbocycles. The molecule has 0 fully saturated rings. The predicted octanol–water partition coefficient (Wildman–Crippen LogP) is 2.94. The monoisotopic (exact) mass is 374 g/mol. The van der Waals surface area contributed by atoms with Crippen molar-refractivity contribution in [3.05, 3.63) is 83.2 Å². The van der Waals surface area contributed by atoms with Crippen molar-refractivity contribution >= 4 is 17.5 Å². The molecule has 1 N–H and O–H groups in total. The van der Waals surface area contributed by atoms with Crippen LogP contribution < -0.4 is 10.2 Å². The first-order valence-electron chi connectivity index (χ1n) is 9.31. The molecule has 4 rings (SSSR count). The minimum atomic E-state index is -0.175. The Morgan fingerprint density at radius 3 is 2.64 bits per heavy atom. The number of amides is 2. The summed E-state index contributed by atoms with van der Waals surface area (Å²) in [6.45, 7) is 2.45. The van der Waals surface area contributed by atoms with Crippen molar-refractivity contribution in [2.45, 2.75) is 25.9 Å². The van der Waals surface area contributed by atoms with E-state index in [-0.39, 0.29) is 17.9 Å². The first-order valence-corrected chi connectivity index (χ1v) is 9.31. The van der Waals surface area contributed by atoms with E-state index < -0.39 is 0 Å². The number of nitrogens with zero attached hydrogens (tertiary/aromatic N) is 3. The summed E-state index contributed by atoms with van der Waals surface area (Å²) in [4.78, 5) is 27.2. The van der Waals surface area contributed by atoms with E-state index in [0.29, 0.717) is 17.8 Å². The van der Waals surface area contributed by atoms with Gasteiger partial charge in [-0.15, -0.1) is 0 Å². The number of rotatable bonds is 4. The summed E-state index contributed by atoms with van der Waals surface area (Å²) in [7, 11) is 1.73. The molecule has 1 aliphatic heterocycles. The lowest BCUT2D eigenvalue weighted by Gasteiger charge is -2.23. The van der Waals surface area contributed by atoms with Gasteiger partial charge in [-0.05, 0) is 48.7 Å². The van der Waals surface area contributed by atoms with Crippen LogP contribution in [-0.2, 0) is 20.0 Å². The highest BCUT2D eigenvalue weighted by Crippen LogP contribution is 2.34. The standard InChI is InChI=1S/C22H22N4O2/c1-15-12-18-9-8-16(14-23-21(27)19-10-11-24-25(19)2)13-20(18)26(15)22(28)17-6-4-3-5-7-17/h3-11,13,15H,12,14H2,1-2H3,(H,23,27). The van der Waals surface area contributed by atoms with E-state index in [9.17, 15) is 9.59 Å². The Hall–Kier alpha value is -3.41. The zero-order valence-electron chi connectivity index (χ0n) is 15.9. The highest BCUT2D eigenvalue weighted by atomic mass is 16.2. The van der Waals surface area contributed by atoms with Crippen LogP contribution >= 0.6 is 0 Å². The number of carbonyl (C=O) groups excluding carboxylic acids is 2. The van der Waals surface area contributed by atoms with Crippen LogP contribution in [0.15, 0.2) is 60.8 Å². The maximum atomic E-state index is 13.0. The Morgan fingerprint density at radius 1 is 1.14 bits per heavy atom. The number of aromatic nitrogens is 2. The molecule has 2 amide bonds. The number of aryl methyl sites for hydroxylation is 1. The molecule has 0 radical (unpaired) electrons. The average Bonchev–Trinajstić information content (AvgIpc) is 3.28. The summed E-state index contributed by atoms with van der Waals surface area (Å²) in [5.41, 5.74) is 4.22. The quantitative estimate of drug-likeness (QED) is 0.763. The Kier molecular flexibility index (Phi) is 4.69. The minimum Gasteiger partial charge on any atom is -0.347 e. The van der Waals surface area contributed by atoms with Crippen LogP contribution in [0.25, 0.3) is 0 Å². The van der Waals surface area contributed by atoms with E-state index in [1.807, 2.05) is 47.4 Å². The number of hydrogen-bond donors (Lipinski definition) is 1. The maximum absolute atomic E-state index is 13.0. The molecular weight excluding hydrogens is 352 g/mol. The van der Waals surface area contributed by atoms with Crippen LogP contribution in [0.1, 0.15) is 38.9 Å². The number of carbonyl (C=O) groups is 2. The van der Waals surface area contributed by atoms with Gasteiger partial charge in [0.25, 0.3) is 11.8 Å². The van der Waals surface area contributed by atoms with Gasteiger partial charge in [0.2, 0.25) is 0 Å². The molecular formula is C22H22N4O2. The first-order chi connectivity index (χ1) is 13.5. The summed E-state index contributed by atoms with van der Waals surface area (Å²) >= 11 is 0. The molecule has 1 aliphatic rings. The lowest BCUT2D eigenvalue weighted by molar-refractivity contribution is 0.0939. The number of benzene rings is 2. The third kappa shape index (κ3) is 3.29. The minimum absolute atomic E-state index is 0.00270. The molecule has 0 aliphatic carbocycles. The smallest absolute Gasteiger partial charge is 0.269 e. The zero-order chi connectivity index (χ0) is 19.7. The van der Waals surface area contributed by atoms with Crippen LogP contribution in [0.2, 0.25) is 0 Å². The first kappa shape index (κ1) is 18.0. The summed E-state index contributed by atoms with van der Waals surface area (Å²) in [6.07, 6.45) is 2.42. The molecule has 28 heavy (non-hydrogen) atoms. The van der Waals surface area contributed by atoms with E-state index in [1.54, 1.807) is 24.0 Å². The fourth-order valence-corrected chi connectivity index (χ4v) is 3.66. The van der Waals surface area contributed by atoms with Crippen LogP contribution in [0, 0.1) is 0 Å². The van der Waals surface area contributed by atoms with Crippen molar-refractivity contribution in [3.8, 4) is 0 Å². The lowest BCUT2D eigenvalue weighted by atomic mass is 10.1. The van der Waals surface area contributed by atoms with E-state index in [0.717, 1.165) is 23.2 Å². The second-order valence-corrected chi connectivity index (χ2v) is 7.08. The van der Waals surface area contributed by atoms with Gasteiger partial charge in [-0.3, -0.25) is 14.3 Å². The van der Waals surface area contributed by atoms with Crippen LogP contribution in [0.4, 0.5) is 5.69 Å². The Morgan fingerprint density at radius 2 is 1.93 bits per heavy atom. The molecule has 0 saturated heterocycles. The van der Waals surface area contributed by atoms with Crippen molar-refractivity contribution in [2.24, 2.45) is 7.05 Å². The summed E-state index contributed by atoms with van der Waals surface area (Å²) in [5.74, 6) is -0.172. The summed E-state index contributed by atoms with van der Waals surface area (Å²) < 4.78 is 1.54. The normalized spacial score (nSPS) is 15.4. The van der Waals surface area contributed by atoms with Gasteiger partial charge in [0.15, 0.2) is 0 Å². The fourth-order valence-electron chi connectivity index (χ4n) is 3.66. The Bertz CT molecular complexity index is 1030. The van der Waals surface area contributed by atoms with Crippen molar-refractivity contribution in [1.82, 2.24) is 15.1 Å². The zero-order valence-corrected chi connectivity index (χ0v) is 15.9. The molecule has 6 heteroatoms. The Labute approximate surface area is 163 Å². The highest BCUT2D eigenvalue weighted by Gasteiger charge is 2.31. The SMILES string of the molecule is CC1Cc2ccc(CNC(=O)c3ccnn3C)cc2N1C(=O)c1ccccc1. The summed E-state index contributed by atoms with van der Waals surface area (Å²) in [6, 6.07) is 17.2. The van der Waals surface area contributed by atoms with Gasteiger partial charge in [0, 0.05) is 37.1 Å². The van der Waals surface area contributed by atoms with Gasteiger partial charge in [-0.2, -0.15) is 5.10 Å².